The van der Waals surface area contributed by atoms with Crippen LogP contribution in [0.3, 0.4) is 0 Å². The van der Waals surface area contributed by atoms with Crippen molar-refractivity contribution in [3.63, 3.8) is 0 Å². The average molecular weight is 410 g/mol. The van der Waals surface area contributed by atoms with Crippen LogP contribution < -0.4 is 4.90 Å². The summed E-state index contributed by atoms with van der Waals surface area (Å²) in [5.74, 6) is 0.149. The summed E-state index contributed by atoms with van der Waals surface area (Å²) in [5.41, 5.74) is 3.50. The fraction of sp³-hybridized carbons (Fsp3) is 0.458. The highest BCUT2D eigenvalue weighted by Gasteiger charge is 2.31. The molecule has 0 N–H and O–H groups in total. The van der Waals surface area contributed by atoms with Crippen LogP contribution >= 0.6 is 0 Å². The number of ether oxygens (including phenoxy) is 2. The number of carbonyl (C=O) groups is 1. The van der Waals surface area contributed by atoms with Gasteiger partial charge in [-0.05, 0) is 24.2 Å². The molecule has 0 saturated carbocycles. The zero-order valence-electron chi connectivity index (χ0n) is 17.7. The number of amides is 1. The number of hydrogen-bond acceptors (Lipinski definition) is 5. The van der Waals surface area contributed by atoms with E-state index in [2.05, 4.69) is 34.1 Å². The van der Waals surface area contributed by atoms with Gasteiger partial charge in [0.15, 0.2) is 0 Å². The number of carbonyl (C=O) groups excluding carboxylic acids is 1. The van der Waals surface area contributed by atoms with Crippen LogP contribution in [0.2, 0.25) is 0 Å². The summed E-state index contributed by atoms with van der Waals surface area (Å²) in [6.45, 7) is 6.53. The molecule has 2 fully saturated rings. The van der Waals surface area contributed by atoms with Gasteiger partial charge in [0.2, 0.25) is 5.91 Å². The zero-order chi connectivity index (χ0) is 20.8. The summed E-state index contributed by atoms with van der Waals surface area (Å²) >= 11 is 0. The maximum absolute atomic E-state index is 13.5. The number of anilines is 1. The summed E-state index contributed by atoms with van der Waals surface area (Å²) in [6.07, 6.45) is 0. The first-order valence-corrected chi connectivity index (χ1v) is 10.8. The van der Waals surface area contributed by atoms with E-state index in [0.717, 1.165) is 31.9 Å². The van der Waals surface area contributed by atoms with E-state index in [1.54, 1.807) is 0 Å². The van der Waals surface area contributed by atoms with Gasteiger partial charge in [0, 0.05) is 38.4 Å². The molecule has 6 nitrogen and oxygen atoms in total. The van der Waals surface area contributed by atoms with Crippen LogP contribution in [0.4, 0.5) is 5.69 Å². The average Bonchev–Trinajstić information content (AvgIpc) is 2.81. The Kier molecular flexibility index (Phi) is 7.00. The highest BCUT2D eigenvalue weighted by molar-refractivity contribution is 5.83. The lowest BCUT2D eigenvalue weighted by atomic mass is 10.0. The first-order chi connectivity index (χ1) is 14.7. The van der Waals surface area contributed by atoms with Gasteiger partial charge in [0.1, 0.15) is 6.04 Å². The molecule has 0 radical (unpaired) electrons. The molecule has 2 heterocycles. The summed E-state index contributed by atoms with van der Waals surface area (Å²) in [7, 11) is 2.05. The van der Waals surface area contributed by atoms with Gasteiger partial charge in [-0.1, -0.05) is 48.5 Å². The summed E-state index contributed by atoms with van der Waals surface area (Å²) in [4.78, 5) is 20.0. The standard InChI is InChI=1S/C24H31N3O3/c1-25(19-21-9-5-6-10-22(21)26-11-15-29-16-12-26)23(20-7-3-2-4-8-20)24(28)27-13-17-30-18-14-27/h2-10,23H,11-19H2,1H3. The van der Waals surface area contributed by atoms with Crippen molar-refractivity contribution in [2.24, 2.45) is 0 Å². The molecule has 0 aliphatic carbocycles. The highest BCUT2D eigenvalue weighted by atomic mass is 16.5. The fourth-order valence-corrected chi connectivity index (χ4v) is 4.29. The largest absolute Gasteiger partial charge is 0.378 e. The minimum absolute atomic E-state index is 0.149. The molecule has 0 aromatic heterocycles. The molecule has 2 aromatic carbocycles. The highest BCUT2D eigenvalue weighted by Crippen LogP contribution is 2.28. The molecule has 1 atom stereocenters. The molecular formula is C24H31N3O3. The van der Waals surface area contributed by atoms with E-state index in [9.17, 15) is 4.79 Å². The van der Waals surface area contributed by atoms with Gasteiger partial charge in [-0.25, -0.2) is 0 Å². The molecule has 160 valence electrons. The Morgan fingerprint density at radius 2 is 1.50 bits per heavy atom. The van der Waals surface area contributed by atoms with E-state index < -0.39 is 0 Å². The lowest BCUT2D eigenvalue weighted by Crippen LogP contribution is -2.46. The third-order valence-corrected chi connectivity index (χ3v) is 5.88. The molecule has 1 amide bonds. The van der Waals surface area contributed by atoms with Gasteiger partial charge in [0.25, 0.3) is 0 Å². The Labute approximate surface area is 179 Å². The fourth-order valence-electron chi connectivity index (χ4n) is 4.29. The van der Waals surface area contributed by atoms with Crippen molar-refractivity contribution in [1.29, 1.82) is 0 Å². The monoisotopic (exact) mass is 409 g/mol. The Hall–Kier alpha value is -2.41. The number of rotatable bonds is 6. The van der Waals surface area contributed by atoms with Gasteiger partial charge in [-0.15, -0.1) is 0 Å². The molecule has 30 heavy (non-hydrogen) atoms. The number of hydrogen-bond donors (Lipinski definition) is 0. The van der Waals surface area contributed by atoms with Crippen LogP contribution in [-0.4, -0.2) is 75.4 Å². The number of para-hydroxylation sites is 1. The molecular weight excluding hydrogens is 378 g/mol. The van der Waals surface area contributed by atoms with Crippen molar-refractivity contribution in [1.82, 2.24) is 9.80 Å². The smallest absolute Gasteiger partial charge is 0.244 e. The topological polar surface area (TPSA) is 45.2 Å². The molecule has 2 aromatic rings. The van der Waals surface area contributed by atoms with Crippen molar-refractivity contribution in [3.8, 4) is 0 Å². The summed E-state index contributed by atoms with van der Waals surface area (Å²) in [5, 5.41) is 0. The van der Waals surface area contributed by atoms with E-state index in [1.807, 2.05) is 42.3 Å². The number of likely N-dealkylation sites (N-methyl/N-ethyl adjacent to an activating group) is 1. The quantitative estimate of drug-likeness (QED) is 0.734. The third kappa shape index (κ3) is 4.83. The van der Waals surface area contributed by atoms with Crippen LogP contribution in [0.25, 0.3) is 0 Å². The van der Waals surface area contributed by atoms with Crippen LogP contribution in [-0.2, 0) is 20.8 Å². The molecule has 0 bridgehead atoms. The van der Waals surface area contributed by atoms with E-state index in [4.69, 9.17) is 9.47 Å². The van der Waals surface area contributed by atoms with Crippen LogP contribution in [0, 0.1) is 0 Å². The predicted octanol–water partition coefficient (Wildman–Crippen LogP) is 2.56. The summed E-state index contributed by atoms with van der Waals surface area (Å²) in [6, 6.07) is 18.3. The normalized spacial score (nSPS) is 18.5. The van der Waals surface area contributed by atoms with Gasteiger partial charge in [0.05, 0.1) is 26.4 Å². The summed E-state index contributed by atoms with van der Waals surface area (Å²) < 4.78 is 11.0. The Balaban J connectivity index is 1.58. The van der Waals surface area contributed by atoms with E-state index in [1.165, 1.54) is 11.3 Å². The van der Waals surface area contributed by atoms with Crippen LogP contribution in [0.5, 0.6) is 0 Å². The van der Waals surface area contributed by atoms with Crippen molar-refractivity contribution < 1.29 is 14.3 Å². The van der Waals surface area contributed by atoms with Crippen molar-refractivity contribution >= 4 is 11.6 Å². The first kappa shape index (κ1) is 20.8. The number of nitrogens with zero attached hydrogens (tertiary/aromatic N) is 3. The molecule has 6 heteroatoms. The van der Waals surface area contributed by atoms with E-state index >= 15 is 0 Å². The Morgan fingerprint density at radius 1 is 0.900 bits per heavy atom. The van der Waals surface area contributed by atoms with Gasteiger partial charge >= 0.3 is 0 Å². The van der Waals surface area contributed by atoms with Crippen LogP contribution in [0.15, 0.2) is 54.6 Å². The number of benzene rings is 2. The van der Waals surface area contributed by atoms with Crippen molar-refractivity contribution in [3.05, 3.63) is 65.7 Å². The van der Waals surface area contributed by atoms with Crippen molar-refractivity contribution in [2.75, 3.05) is 64.6 Å². The second kappa shape index (κ2) is 10.1. The second-order valence-electron chi connectivity index (χ2n) is 7.89. The lowest BCUT2D eigenvalue weighted by molar-refractivity contribution is -0.141. The molecule has 0 spiro atoms. The molecule has 2 saturated heterocycles. The van der Waals surface area contributed by atoms with E-state index in [0.29, 0.717) is 32.8 Å². The third-order valence-electron chi connectivity index (χ3n) is 5.88. The first-order valence-electron chi connectivity index (χ1n) is 10.8. The molecule has 1 unspecified atom stereocenters. The maximum Gasteiger partial charge on any atom is 0.244 e. The SMILES string of the molecule is CN(Cc1ccccc1N1CCOCC1)C(C(=O)N1CCOCC1)c1ccccc1. The Bertz CT molecular complexity index is 817. The molecule has 2 aliphatic heterocycles. The maximum atomic E-state index is 13.5. The molecule has 2 aliphatic rings. The van der Waals surface area contributed by atoms with Crippen LogP contribution in [0.1, 0.15) is 17.2 Å². The number of morpholine rings is 2. The zero-order valence-corrected chi connectivity index (χ0v) is 17.7. The minimum atomic E-state index is -0.318. The van der Waals surface area contributed by atoms with E-state index in [-0.39, 0.29) is 11.9 Å². The Morgan fingerprint density at radius 3 is 2.20 bits per heavy atom. The lowest BCUT2D eigenvalue weighted by Gasteiger charge is -2.36. The van der Waals surface area contributed by atoms with Crippen molar-refractivity contribution in [2.45, 2.75) is 12.6 Å². The second-order valence-corrected chi connectivity index (χ2v) is 7.89. The minimum Gasteiger partial charge on any atom is -0.378 e. The van der Waals surface area contributed by atoms with Gasteiger partial charge < -0.3 is 19.3 Å². The predicted molar refractivity (Wildman–Crippen MR) is 118 cm³/mol. The molecule has 4 rings (SSSR count). The van der Waals surface area contributed by atoms with Gasteiger partial charge in [-0.2, -0.15) is 0 Å². The van der Waals surface area contributed by atoms with Gasteiger partial charge in [-0.3, -0.25) is 9.69 Å².